The molecule has 0 fully saturated rings. The van der Waals surface area contributed by atoms with E-state index in [4.69, 9.17) is 11.0 Å². The van der Waals surface area contributed by atoms with Crippen molar-refractivity contribution in [3.05, 3.63) is 23.9 Å². The highest BCUT2D eigenvalue weighted by molar-refractivity contribution is 5.41. The van der Waals surface area contributed by atoms with Crippen LogP contribution in [-0.2, 0) is 0 Å². The fraction of sp³-hybridized carbons (Fsp3) is 0.500. The normalized spacial score (nSPS) is 11.9. The zero-order chi connectivity index (χ0) is 12.0. The first-order valence-corrected chi connectivity index (χ1v) is 5.52. The molecule has 2 N–H and O–H groups in total. The molecule has 86 valence electrons. The lowest BCUT2D eigenvalue weighted by Crippen LogP contribution is -2.25. The number of nitrogens with zero attached hydrogens (tertiary/aromatic N) is 3. The lowest BCUT2D eigenvalue weighted by Gasteiger charge is -2.21. The Bertz CT molecular complexity index is 368. The molecule has 0 spiro atoms. The number of nitriles is 1. The third-order valence-corrected chi connectivity index (χ3v) is 2.49. The van der Waals surface area contributed by atoms with E-state index >= 15 is 0 Å². The van der Waals surface area contributed by atoms with Gasteiger partial charge in [0.2, 0.25) is 0 Å². The van der Waals surface area contributed by atoms with Gasteiger partial charge in [0.25, 0.3) is 0 Å². The van der Waals surface area contributed by atoms with Crippen molar-refractivity contribution in [2.75, 3.05) is 18.0 Å². The lowest BCUT2D eigenvalue weighted by molar-refractivity contribution is 0.790. The summed E-state index contributed by atoms with van der Waals surface area (Å²) in [5.41, 5.74) is 6.90. The van der Waals surface area contributed by atoms with Gasteiger partial charge in [-0.15, -0.1) is 0 Å². The molecule has 4 nitrogen and oxygen atoms in total. The lowest BCUT2D eigenvalue weighted by atomic mass is 10.1. The first kappa shape index (κ1) is 12.5. The molecule has 0 saturated carbocycles. The second kappa shape index (κ2) is 6.09. The van der Waals surface area contributed by atoms with Crippen molar-refractivity contribution in [3.8, 4) is 6.07 Å². The molecule has 1 atom stereocenters. The van der Waals surface area contributed by atoms with Crippen LogP contribution in [0.1, 0.15) is 31.9 Å². The van der Waals surface area contributed by atoms with Crippen LogP contribution in [0.2, 0.25) is 0 Å². The Morgan fingerprint density at radius 3 is 2.94 bits per heavy atom. The van der Waals surface area contributed by atoms with Gasteiger partial charge in [0, 0.05) is 25.3 Å². The van der Waals surface area contributed by atoms with Crippen molar-refractivity contribution in [2.24, 2.45) is 5.73 Å². The van der Waals surface area contributed by atoms with E-state index < -0.39 is 0 Å². The molecule has 0 aliphatic rings. The minimum absolute atomic E-state index is 0.0106. The number of pyridine rings is 1. The van der Waals surface area contributed by atoms with Gasteiger partial charge in [0.15, 0.2) is 0 Å². The molecule has 0 radical (unpaired) electrons. The molecule has 0 unspecified atom stereocenters. The van der Waals surface area contributed by atoms with Crippen LogP contribution in [0.5, 0.6) is 0 Å². The van der Waals surface area contributed by atoms with Crippen LogP contribution in [0, 0.1) is 11.3 Å². The van der Waals surface area contributed by atoms with Gasteiger partial charge < -0.3 is 10.6 Å². The third kappa shape index (κ3) is 3.21. The second-order valence-corrected chi connectivity index (χ2v) is 3.72. The van der Waals surface area contributed by atoms with Crippen molar-refractivity contribution in [1.29, 1.82) is 5.26 Å². The molecule has 16 heavy (non-hydrogen) atoms. The van der Waals surface area contributed by atoms with E-state index in [1.54, 1.807) is 6.20 Å². The molecular formula is C12H18N4. The van der Waals surface area contributed by atoms with Crippen LogP contribution < -0.4 is 10.6 Å². The van der Waals surface area contributed by atoms with E-state index in [1.165, 1.54) is 0 Å². The third-order valence-electron chi connectivity index (χ3n) is 2.49. The molecule has 0 aromatic carbocycles. The number of nitrogens with two attached hydrogens (primary N) is 1. The smallest absolute Gasteiger partial charge is 0.128 e. The number of hydrogen-bond donors (Lipinski definition) is 1. The zero-order valence-corrected chi connectivity index (χ0v) is 9.85. The molecule has 4 heteroatoms. The van der Waals surface area contributed by atoms with Gasteiger partial charge in [-0.2, -0.15) is 5.26 Å². The van der Waals surface area contributed by atoms with Crippen LogP contribution in [0.4, 0.5) is 5.82 Å². The number of anilines is 1. The molecule has 0 amide bonds. The van der Waals surface area contributed by atoms with Gasteiger partial charge in [-0.25, -0.2) is 4.98 Å². The van der Waals surface area contributed by atoms with Crippen LogP contribution in [0.25, 0.3) is 0 Å². The van der Waals surface area contributed by atoms with Gasteiger partial charge >= 0.3 is 0 Å². The molecule has 0 saturated heterocycles. The summed E-state index contributed by atoms with van der Waals surface area (Å²) in [6.07, 6.45) is 2.28. The fourth-order valence-corrected chi connectivity index (χ4v) is 1.51. The summed E-state index contributed by atoms with van der Waals surface area (Å²) in [7, 11) is 0. The predicted octanol–water partition coefficient (Wildman–Crippen LogP) is 1.84. The average Bonchev–Trinajstić information content (AvgIpc) is 2.30. The van der Waals surface area contributed by atoms with Crippen molar-refractivity contribution in [2.45, 2.75) is 26.3 Å². The predicted molar refractivity (Wildman–Crippen MR) is 65.0 cm³/mol. The van der Waals surface area contributed by atoms with E-state index in [0.717, 1.165) is 17.9 Å². The second-order valence-electron chi connectivity index (χ2n) is 3.72. The summed E-state index contributed by atoms with van der Waals surface area (Å²) in [4.78, 5) is 6.39. The maximum Gasteiger partial charge on any atom is 0.128 e. The topological polar surface area (TPSA) is 65.9 Å². The standard InChI is InChI=1S/C12H18N4/c1-3-16(8-4-6-13)12-9-11(10(2)14)5-7-15-12/h5,7,9-10H,3-4,8,14H2,1-2H3/t10-/m0/s1. The summed E-state index contributed by atoms with van der Waals surface area (Å²) in [5.74, 6) is 0.896. The Kier molecular flexibility index (Phi) is 4.74. The molecule has 1 heterocycles. The van der Waals surface area contributed by atoms with Crippen LogP contribution >= 0.6 is 0 Å². The minimum Gasteiger partial charge on any atom is -0.356 e. The summed E-state index contributed by atoms with van der Waals surface area (Å²) in [6.45, 7) is 5.56. The van der Waals surface area contributed by atoms with Crippen molar-refractivity contribution in [1.82, 2.24) is 4.98 Å². The Hall–Kier alpha value is -1.60. The minimum atomic E-state index is 0.0106. The monoisotopic (exact) mass is 218 g/mol. The SMILES string of the molecule is CCN(CCC#N)c1cc([C@H](C)N)ccn1. The van der Waals surface area contributed by atoms with Gasteiger partial charge in [0.1, 0.15) is 5.82 Å². The van der Waals surface area contributed by atoms with E-state index in [0.29, 0.717) is 13.0 Å². The van der Waals surface area contributed by atoms with Crippen LogP contribution in [-0.4, -0.2) is 18.1 Å². The molecule has 0 aliphatic carbocycles. The van der Waals surface area contributed by atoms with Crippen LogP contribution in [0.3, 0.4) is 0 Å². The summed E-state index contributed by atoms with van der Waals surface area (Å²) >= 11 is 0. The van der Waals surface area contributed by atoms with E-state index in [2.05, 4.69) is 22.9 Å². The Labute approximate surface area is 96.7 Å². The van der Waals surface area contributed by atoms with Crippen molar-refractivity contribution in [3.63, 3.8) is 0 Å². The summed E-state index contributed by atoms with van der Waals surface area (Å²) in [6, 6.07) is 6.07. The maximum atomic E-state index is 8.58. The quantitative estimate of drug-likeness (QED) is 0.819. The highest BCUT2D eigenvalue weighted by atomic mass is 15.2. The zero-order valence-electron chi connectivity index (χ0n) is 9.85. The Morgan fingerprint density at radius 2 is 2.38 bits per heavy atom. The Morgan fingerprint density at radius 1 is 1.62 bits per heavy atom. The largest absolute Gasteiger partial charge is 0.356 e. The van der Waals surface area contributed by atoms with Crippen molar-refractivity contribution < 1.29 is 0 Å². The van der Waals surface area contributed by atoms with E-state index in [-0.39, 0.29) is 6.04 Å². The summed E-state index contributed by atoms with van der Waals surface area (Å²) < 4.78 is 0. The first-order chi connectivity index (χ1) is 7.69. The van der Waals surface area contributed by atoms with Gasteiger partial charge in [0.05, 0.1) is 12.5 Å². The number of aromatic nitrogens is 1. The number of hydrogen-bond acceptors (Lipinski definition) is 4. The fourth-order valence-electron chi connectivity index (χ4n) is 1.51. The van der Waals surface area contributed by atoms with E-state index in [9.17, 15) is 0 Å². The highest BCUT2D eigenvalue weighted by Crippen LogP contribution is 2.16. The Balaban J connectivity index is 2.84. The molecule has 0 bridgehead atoms. The van der Waals surface area contributed by atoms with Crippen molar-refractivity contribution >= 4 is 5.82 Å². The molecule has 1 aromatic heterocycles. The summed E-state index contributed by atoms with van der Waals surface area (Å²) in [5, 5.41) is 8.58. The van der Waals surface area contributed by atoms with Gasteiger partial charge in [-0.3, -0.25) is 0 Å². The molecule has 1 rings (SSSR count). The van der Waals surface area contributed by atoms with E-state index in [1.807, 2.05) is 19.1 Å². The molecular weight excluding hydrogens is 200 g/mol. The number of rotatable bonds is 5. The van der Waals surface area contributed by atoms with Crippen LogP contribution in [0.15, 0.2) is 18.3 Å². The maximum absolute atomic E-state index is 8.58. The van der Waals surface area contributed by atoms with Gasteiger partial charge in [-0.1, -0.05) is 0 Å². The van der Waals surface area contributed by atoms with Gasteiger partial charge in [-0.05, 0) is 31.5 Å². The average molecular weight is 218 g/mol. The first-order valence-electron chi connectivity index (χ1n) is 5.52. The highest BCUT2D eigenvalue weighted by Gasteiger charge is 2.07. The molecule has 1 aromatic rings. The molecule has 0 aliphatic heterocycles.